The number of aromatic nitrogens is 1. The van der Waals surface area contributed by atoms with Gasteiger partial charge in [0.1, 0.15) is 11.5 Å². The minimum Gasteiger partial charge on any atom is -0.466 e. The van der Waals surface area contributed by atoms with Crippen LogP contribution in [0, 0.1) is 13.8 Å². The topological polar surface area (TPSA) is 64.1 Å². The first-order valence-corrected chi connectivity index (χ1v) is 6.57. The Morgan fingerprint density at radius 1 is 1.20 bits per heavy atom. The van der Waals surface area contributed by atoms with Gasteiger partial charge < -0.3 is 4.42 Å². The average molecular weight is 267 g/mol. The maximum atomic E-state index is 5.75. The number of hydrogen-bond acceptors (Lipinski definition) is 4. The molecule has 0 radical (unpaired) electrons. The van der Waals surface area contributed by atoms with Gasteiger partial charge >= 0.3 is 0 Å². The lowest BCUT2D eigenvalue weighted by atomic mass is 9.98. The molecule has 0 amide bonds. The molecular formula is C16H17N3O. The standard InChI is InChI=1S/C16H17N3O/c1-10-8-14(11(2)20-10)16(19-17)13-5-6-15-12(9-13)4-3-7-18-15/h3-9,16,19H,17H2,1-2H3. The number of aryl methyl sites for hydroxylation is 2. The molecule has 0 fully saturated rings. The van der Waals surface area contributed by atoms with Gasteiger partial charge in [-0.15, -0.1) is 0 Å². The molecule has 0 spiro atoms. The van der Waals surface area contributed by atoms with Gasteiger partial charge in [0, 0.05) is 17.1 Å². The van der Waals surface area contributed by atoms with E-state index in [1.54, 1.807) is 6.20 Å². The molecule has 0 saturated carbocycles. The van der Waals surface area contributed by atoms with E-state index in [1.807, 2.05) is 44.2 Å². The van der Waals surface area contributed by atoms with E-state index >= 15 is 0 Å². The van der Waals surface area contributed by atoms with Crippen LogP contribution in [0.2, 0.25) is 0 Å². The molecule has 102 valence electrons. The second-order valence-corrected chi connectivity index (χ2v) is 4.92. The highest BCUT2D eigenvalue weighted by atomic mass is 16.3. The van der Waals surface area contributed by atoms with Crippen molar-refractivity contribution in [2.45, 2.75) is 19.9 Å². The molecule has 0 aliphatic heterocycles. The van der Waals surface area contributed by atoms with Gasteiger partial charge in [-0.3, -0.25) is 10.8 Å². The molecule has 4 nitrogen and oxygen atoms in total. The summed E-state index contributed by atoms with van der Waals surface area (Å²) in [7, 11) is 0. The monoisotopic (exact) mass is 267 g/mol. The van der Waals surface area contributed by atoms with E-state index in [-0.39, 0.29) is 6.04 Å². The van der Waals surface area contributed by atoms with Crippen LogP contribution in [0.3, 0.4) is 0 Å². The minimum atomic E-state index is -0.0861. The Labute approximate surface area is 117 Å². The molecular weight excluding hydrogens is 250 g/mol. The van der Waals surface area contributed by atoms with Crippen LogP contribution < -0.4 is 11.3 Å². The third-order valence-corrected chi connectivity index (χ3v) is 3.52. The number of fused-ring (bicyclic) bond motifs is 1. The molecule has 0 aliphatic rings. The normalized spacial score (nSPS) is 12.8. The van der Waals surface area contributed by atoms with E-state index in [1.165, 1.54) is 0 Å². The van der Waals surface area contributed by atoms with Gasteiger partial charge in [-0.05, 0) is 43.7 Å². The number of hydrazine groups is 1. The number of hydrogen-bond donors (Lipinski definition) is 2. The molecule has 4 heteroatoms. The van der Waals surface area contributed by atoms with Crippen LogP contribution in [0.4, 0.5) is 0 Å². The third-order valence-electron chi connectivity index (χ3n) is 3.52. The van der Waals surface area contributed by atoms with Crippen molar-refractivity contribution in [3.63, 3.8) is 0 Å². The highest BCUT2D eigenvalue weighted by molar-refractivity contribution is 5.79. The van der Waals surface area contributed by atoms with Crippen molar-refractivity contribution < 1.29 is 4.42 Å². The lowest BCUT2D eigenvalue weighted by Crippen LogP contribution is -2.29. The number of furan rings is 1. The van der Waals surface area contributed by atoms with Crippen LogP contribution in [-0.4, -0.2) is 4.98 Å². The molecule has 1 atom stereocenters. The van der Waals surface area contributed by atoms with E-state index in [2.05, 4.69) is 16.5 Å². The Balaban J connectivity index is 2.09. The van der Waals surface area contributed by atoms with Crippen molar-refractivity contribution in [1.82, 2.24) is 10.4 Å². The lowest BCUT2D eigenvalue weighted by Gasteiger charge is -2.16. The molecule has 3 rings (SSSR count). The Bertz CT molecular complexity index is 748. The summed E-state index contributed by atoms with van der Waals surface area (Å²) in [6.45, 7) is 3.89. The summed E-state index contributed by atoms with van der Waals surface area (Å²) >= 11 is 0. The summed E-state index contributed by atoms with van der Waals surface area (Å²) in [6.07, 6.45) is 1.80. The van der Waals surface area contributed by atoms with Crippen LogP contribution in [0.5, 0.6) is 0 Å². The van der Waals surface area contributed by atoms with Crippen LogP contribution in [-0.2, 0) is 0 Å². The van der Waals surface area contributed by atoms with E-state index in [4.69, 9.17) is 10.3 Å². The van der Waals surface area contributed by atoms with Gasteiger partial charge in [-0.25, -0.2) is 5.43 Å². The first-order valence-electron chi connectivity index (χ1n) is 6.57. The van der Waals surface area contributed by atoms with Gasteiger partial charge in [0.05, 0.1) is 11.6 Å². The Morgan fingerprint density at radius 3 is 2.75 bits per heavy atom. The number of nitrogens with one attached hydrogen (secondary N) is 1. The molecule has 1 unspecified atom stereocenters. The molecule has 3 aromatic rings. The molecule has 2 heterocycles. The number of nitrogens with two attached hydrogens (primary N) is 1. The first kappa shape index (κ1) is 12.8. The van der Waals surface area contributed by atoms with Crippen LogP contribution in [0.15, 0.2) is 47.0 Å². The van der Waals surface area contributed by atoms with Gasteiger partial charge in [-0.1, -0.05) is 12.1 Å². The van der Waals surface area contributed by atoms with Gasteiger partial charge in [0.15, 0.2) is 0 Å². The van der Waals surface area contributed by atoms with E-state index in [0.717, 1.165) is 33.6 Å². The molecule has 0 saturated heterocycles. The van der Waals surface area contributed by atoms with Crippen LogP contribution >= 0.6 is 0 Å². The van der Waals surface area contributed by atoms with Crippen molar-refractivity contribution in [1.29, 1.82) is 0 Å². The highest BCUT2D eigenvalue weighted by Gasteiger charge is 2.18. The van der Waals surface area contributed by atoms with Crippen molar-refractivity contribution in [3.05, 3.63) is 65.2 Å². The Hall–Kier alpha value is -2.17. The lowest BCUT2D eigenvalue weighted by molar-refractivity contribution is 0.495. The molecule has 3 N–H and O–H groups in total. The Morgan fingerprint density at radius 2 is 2.05 bits per heavy atom. The van der Waals surface area contributed by atoms with E-state index < -0.39 is 0 Å². The fourth-order valence-corrected chi connectivity index (χ4v) is 2.58. The number of benzene rings is 1. The Kier molecular flexibility index (Phi) is 3.26. The maximum absolute atomic E-state index is 5.75. The predicted molar refractivity (Wildman–Crippen MR) is 79.1 cm³/mol. The zero-order valence-electron chi connectivity index (χ0n) is 11.6. The largest absolute Gasteiger partial charge is 0.466 e. The van der Waals surface area contributed by atoms with Crippen LogP contribution in [0.25, 0.3) is 10.9 Å². The van der Waals surface area contributed by atoms with Crippen molar-refractivity contribution in [2.24, 2.45) is 5.84 Å². The van der Waals surface area contributed by atoms with Gasteiger partial charge in [0.25, 0.3) is 0 Å². The first-order chi connectivity index (χ1) is 9.69. The van der Waals surface area contributed by atoms with Crippen molar-refractivity contribution in [2.75, 3.05) is 0 Å². The zero-order chi connectivity index (χ0) is 14.1. The third kappa shape index (κ3) is 2.19. The highest BCUT2D eigenvalue weighted by Crippen LogP contribution is 2.28. The summed E-state index contributed by atoms with van der Waals surface area (Å²) in [5, 5.41) is 1.10. The second kappa shape index (κ2) is 5.07. The number of nitrogens with zero attached hydrogens (tertiary/aromatic N) is 1. The second-order valence-electron chi connectivity index (χ2n) is 4.92. The van der Waals surface area contributed by atoms with Crippen molar-refractivity contribution in [3.8, 4) is 0 Å². The molecule has 1 aromatic carbocycles. The van der Waals surface area contributed by atoms with E-state index in [9.17, 15) is 0 Å². The number of rotatable bonds is 3. The smallest absolute Gasteiger partial charge is 0.106 e. The van der Waals surface area contributed by atoms with Gasteiger partial charge in [0.2, 0.25) is 0 Å². The summed E-state index contributed by atoms with van der Waals surface area (Å²) in [5.74, 6) is 7.53. The molecule has 2 aromatic heterocycles. The van der Waals surface area contributed by atoms with E-state index in [0.29, 0.717) is 0 Å². The fourth-order valence-electron chi connectivity index (χ4n) is 2.58. The zero-order valence-corrected chi connectivity index (χ0v) is 11.6. The summed E-state index contributed by atoms with van der Waals surface area (Å²) in [6, 6.07) is 12.1. The quantitative estimate of drug-likeness (QED) is 0.565. The van der Waals surface area contributed by atoms with Crippen LogP contribution in [0.1, 0.15) is 28.7 Å². The maximum Gasteiger partial charge on any atom is 0.106 e. The van der Waals surface area contributed by atoms with Gasteiger partial charge in [-0.2, -0.15) is 0 Å². The molecule has 0 aliphatic carbocycles. The fraction of sp³-hybridized carbons (Fsp3) is 0.188. The molecule has 20 heavy (non-hydrogen) atoms. The average Bonchev–Trinajstić information content (AvgIpc) is 2.78. The van der Waals surface area contributed by atoms with Crippen molar-refractivity contribution >= 4 is 10.9 Å². The number of pyridine rings is 1. The summed E-state index contributed by atoms with van der Waals surface area (Å²) in [5.41, 5.74) is 6.01. The SMILES string of the molecule is Cc1cc(C(NN)c2ccc3ncccc3c2)c(C)o1. The summed E-state index contributed by atoms with van der Waals surface area (Å²) < 4.78 is 5.60. The molecule has 0 bridgehead atoms. The predicted octanol–water partition coefficient (Wildman–Crippen LogP) is 3.00. The summed E-state index contributed by atoms with van der Waals surface area (Å²) in [4.78, 5) is 4.33. The minimum absolute atomic E-state index is 0.0861.